The predicted octanol–water partition coefficient (Wildman–Crippen LogP) is 2.74. The first-order valence-electron chi connectivity index (χ1n) is 5.11. The third-order valence-corrected chi connectivity index (χ3v) is 3.96. The Labute approximate surface area is 108 Å². The van der Waals surface area contributed by atoms with E-state index in [0.29, 0.717) is 24.7 Å². The Morgan fingerprint density at radius 2 is 2.38 bits per heavy atom. The summed E-state index contributed by atoms with van der Waals surface area (Å²) in [6.45, 7) is 2.64. The summed E-state index contributed by atoms with van der Waals surface area (Å²) < 4.78 is 0.784. The molecular weight excluding hydrogens is 291 g/mol. The topological polar surface area (TPSA) is 33.2 Å². The van der Waals surface area contributed by atoms with Gasteiger partial charge in [0.25, 0.3) is 0 Å². The van der Waals surface area contributed by atoms with Crippen LogP contribution in [0.3, 0.4) is 0 Å². The highest BCUT2D eigenvalue weighted by Gasteiger charge is 2.30. The Morgan fingerprint density at radius 1 is 1.62 bits per heavy atom. The van der Waals surface area contributed by atoms with E-state index >= 15 is 0 Å². The molecule has 0 aromatic carbocycles. The predicted molar refractivity (Wildman–Crippen MR) is 67.9 cm³/mol. The minimum Gasteiger partial charge on any atom is -0.296 e. The molecule has 1 unspecified atom stereocenters. The van der Waals surface area contributed by atoms with E-state index in [1.54, 1.807) is 4.90 Å². The van der Waals surface area contributed by atoms with Crippen molar-refractivity contribution in [3.8, 4) is 0 Å². The van der Waals surface area contributed by atoms with E-state index in [0.717, 1.165) is 10.2 Å². The first-order valence-corrected chi connectivity index (χ1v) is 6.44. The van der Waals surface area contributed by atoms with Crippen LogP contribution in [0.4, 0.5) is 5.82 Å². The molecule has 0 spiro atoms. The highest BCUT2D eigenvalue weighted by Crippen LogP contribution is 2.26. The zero-order valence-electron chi connectivity index (χ0n) is 8.91. The number of hydrogen-bond donors (Lipinski definition) is 0. The van der Waals surface area contributed by atoms with Gasteiger partial charge in [-0.15, -0.1) is 11.6 Å². The quantitative estimate of drug-likeness (QED) is 0.622. The molecule has 0 saturated carbocycles. The monoisotopic (exact) mass is 302 g/mol. The normalized spacial score (nSPS) is 20.6. The maximum Gasteiger partial charge on any atom is 0.228 e. The lowest BCUT2D eigenvalue weighted by molar-refractivity contribution is -0.117. The summed E-state index contributed by atoms with van der Waals surface area (Å²) in [5, 5.41) is 0. The summed E-state index contributed by atoms with van der Waals surface area (Å²) in [7, 11) is 0. The molecular formula is C11H12BrClN2O. The van der Waals surface area contributed by atoms with Crippen molar-refractivity contribution in [1.82, 2.24) is 4.98 Å². The summed E-state index contributed by atoms with van der Waals surface area (Å²) in [5.74, 6) is 1.58. The Bertz CT molecular complexity index is 424. The number of rotatable bonds is 2. The number of nitrogens with zero attached hydrogens (tertiary/aromatic N) is 2. The van der Waals surface area contributed by atoms with Crippen LogP contribution in [-0.4, -0.2) is 23.3 Å². The Morgan fingerprint density at radius 3 is 2.94 bits per heavy atom. The van der Waals surface area contributed by atoms with Crippen molar-refractivity contribution in [3.63, 3.8) is 0 Å². The molecule has 16 heavy (non-hydrogen) atoms. The number of hydrogen-bond acceptors (Lipinski definition) is 2. The second-order valence-electron chi connectivity index (χ2n) is 4.01. The summed E-state index contributed by atoms with van der Waals surface area (Å²) in [5.41, 5.74) is 1.06. The van der Waals surface area contributed by atoms with Gasteiger partial charge in [0.05, 0.1) is 0 Å². The molecule has 1 amide bonds. The third-order valence-electron chi connectivity index (χ3n) is 2.72. The zero-order valence-corrected chi connectivity index (χ0v) is 11.3. The van der Waals surface area contributed by atoms with Crippen LogP contribution in [0.25, 0.3) is 0 Å². The van der Waals surface area contributed by atoms with Gasteiger partial charge >= 0.3 is 0 Å². The van der Waals surface area contributed by atoms with Crippen LogP contribution in [0.15, 0.2) is 16.7 Å². The minimum atomic E-state index is 0.105. The fourth-order valence-corrected chi connectivity index (χ4v) is 2.27. The van der Waals surface area contributed by atoms with Crippen molar-refractivity contribution in [2.45, 2.75) is 13.3 Å². The molecule has 2 rings (SSSR count). The SMILES string of the molecule is Cc1ccc(N2CC(CCl)CC2=O)nc1Br. The lowest BCUT2D eigenvalue weighted by Crippen LogP contribution is -2.25. The molecule has 86 valence electrons. The number of alkyl halides is 1. The molecule has 1 fully saturated rings. The van der Waals surface area contributed by atoms with Gasteiger partial charge in [0.1, 0.15) is 10.4 Å². The van der Waals surface area contributed by atoms with Gasteiger partial charge in [0.15, 0.2) is 0 Å². The molecule has 1 atom stereocenters. The van der Waals surface area contributed by atoms with Crippen LogP contribution in [0.5, 0.6) is 0 Å². The van der Waals surface area contributed by atoms with E-state index in [1.165, 1.54) is 0 Å². The number of aromatic nitrogens is 1. The van der Waals surface area contributed by atoms with Gasteiger partial charge in [-0.2, -0.15) is 0 Å². The molecule has 1 aromatic heterocycles. The smallest absolute Gasteiger partial charge is 0.228 e. The van der Waals surface area contributed by atoms with Crippen molar-refractivity contribution in [2.24, 2.45) is 5.92 Å². The summed E-state index contributed by atoms with van der Waals surface area (Å²) in [4.78, 5) is 17.8. The number of anilines is 1. The molecule has 1 saturated heterocycles. The summed E-state index contributed by atoms with van der Waals surface area (Å²) >= 11 is 9.14. The van der Waals surface area contributed by atoms with E-state index in [4.69, 9.17) is 11.6 Å². The number of aryl methyl sites for hydroxylation is 1. The maximum absolute atomic E-state index is 11.8. The van der Waals surface area contributed by atoms with E-state index in [2.05, 4.69) is 20.9 Å². The van der Waals surface area contributed by atoms with Gasteiger partial charge in [0, 0.05) is 18.8 Å². The first kappa shape index (κ1) is 11.9. The Hall–Kier alpha value is -0.610. The van der Waals surface area contributed by atoms with Crippen LogP contribution in [0.2, 0.25) is 0 Å². The molecule has 2 heterocycles. The van der Waals surface area contributed by atoms with Crippen LogP contribution in [-0.2, 0) is 4.79 Å². The average molecular weight is 304 g/mol. The number of amides is 1. The van der Waals surface area contributed by atoms with Gasteiger partial charge in [0.2, 0.25) is 5.91 Å². The van der Waals surface area contributed by atoms with Crippen molar-refractivity contribution in [1.29, 1.82) is 0 Å². The van der Waals surface area contributed by atoms with Gasteiger partial charge < -0.3 is 0 Å². The largest absolute Gasteiger partial charge is 0.296 e. The van der Waals surface area contributed by atoms with Crippen molar-refractivity contribution < 1.29 is 4.79 Å². The number of carbonyl (C=O) groups excluding carboxylic acids is 1. The van der Waals surface area contributed by atoms with Crippen LogP contribution >= 0.6 is 27.5 Å². The fraction of sp³-hybridized carbons (Fsp3) is 0.455. The van der Waals surface area contributed by atoms with Crippen LogP contribution < -0.4 is 4.90 Å². The third kappa shape index (κ3) is 2.23. The van der Waals surface area contributed by atoms with E-state index in [-0.39, 0.29) is 11.8 Å². The highest BCUT2D eigenvalue weighted by molar-refractivity contribution is 9.10. The molecule has 0 aliphatic carbocycles. The number of carbonyl (C=O) groups is 1. The first-order chi connectivity index (χ1) is 7.61. The zero-order chi connectivity index (χ0) is 11.7. The average Bonchev–Trinajstić information content (AvgIpc) is 2.64. The van der Waals surface area contributed by atoms with Gasteiger partial charge in [-0.05, 0) is 40.4 Å². The highest BCUT2D eigenvalue weighted by atomic mass is 79.9. The minimum absolute atomic E-state index is 0.105. The van der Waals surface area contributed by atoms with Crippen LogP contribution in [0, 0.1) is 12.8 Å². The number of pyridine rings is 1. The second-order valence-corrected chi connectivity index (χ2v) is 5.07. The standard InChI is InChI=1S/C11H12BrClN2O/c1-7-2-3-9(14-11(7)12)15-6-8(5-13)4-10(15)16/h2-3,8H,4-6H2,1H3. The molecule has 1 aliphatic heterocycles. The Kier molecular flexibility index (Phi) is 3.50. The lowest BCUT2D eigenvalue weighted by Gasteiger charge is -2.15. The van der Waals surface area contributed by atoms with E-state index < -0.39 is 0 Å². The van der Waals surface area contributed by atoms with Crippen molar-refractivity contribution in [2.75, 3.05) is 17.3 Å². The molecule has 0 bridgehead atoms. The summed E-state index contributed by atoms with van der Waals surface area (Å²) in [6.07, 6.45) is 0.524. The fourth-order valence-electron chi connectivity index (χ4n) is 1.75. The summed E-state index contributed by atoms with van der Waals surface area (Å²) in [6, 6.07) is 3.82. The molecule has 0 radical (unpaired) electrons. The van der Waals surface area contributed by atoms with Gasteiger partial charge in [-0.1, -0.05) is 6.07 Å². The lowest BCUT2D eigenvalue weighted by atomic mass is 10.1. The van der Waals surface area contributed by atoms with E-state index in [9.17, 15) is 4.79 Å². The Balaban J connectivity index is 2.24. The molecule has 5 heteroatoms. The van der Waals surface area contributed by atoms with Crippen molar-refractivity contribution in [3.05, 3.63) is 22.3 Å². The maximum atomic E-state index is 11.8. The van der Waals surface area contributed by atoms with Crippen molar-refractivity contribution >= 4 is 39.3 Å². The molecule has 3 nitrogen and oxygen atoms in total. The van der Waals surface area contributed by atoms with Gasteiger partial charge in [-0.3, -0.25) is 9.69 Å². The van der Waals surface area contributed by atoms with Gasteiger partial charge in [-0.25, -0.2) is 4.98 Å². The van der Waals surface area contributed by atoms with Crippen LogP contribution in [0.1, 0.15) is 12.0 Å². The second kappa shape index (κ2) is 4.72. The molecule has 1 aliphatic rings. The number of halogens is 2. The van der Waals surface area contributed by atoms with E-state index in [1.807, 2.05) is 19.1 Å². The molecule has 1 aromatic rings. The molecule has 0 N–H and O–H groups in total.